The summed E-state index contributed by atoms with van der Waals surface area (Å²) in [6.45, 7) is 0. The Morgan fingerprint density at radius 1 is 1.46 bits per heavy atom. The van der Waals surface area contributed by atoms with Crippen LogP contribution in [0.3, 0.4) is 0 Å². The zero-order valence-electron chi connectivity index (χ0n) is 6.90. The van der Waals surface area contributed by atoms with Crippen molar-refractivity contribution in [3.8, 4) is 0 Å². The number of anilines is 1. The average Bonchev–Trinajstić information content (AvgIpc) is 2.89. The van der Waals surface area contributed by atoms with Gasteiger partial charge in [0.1, 0.15) is 0 Å². The van der Waals surface area contributed by atoms with Crippen LogP contribution in [-0.2, 0) is 0 Å². The Bertz CT molecular complexity index is 319. The number of carboxylic acids is 1. The zero-order valence-corrected chi connectivity index (χ0v) is 6.90. The lowest BCUT2D eigenvalue weighted by Crippen LogP contribution is -2.06. The largest absolute Gasteiger partial charge is 0.478 e. The van der Waals surface area contributed by atoms with Crippen LogP contribution < -0.4 is 5.32 Å². The summed E-state index contributed by atoms with van der Waals surface area (Å²) in [5.41, 5.74) is 0.112. The van der Waals surface area contributed by atoms with Crippen molar-refractivity contribution in [1.82, 2.24) is 9.97 Å². The lowest BCUT2D eigenvalue weighted by atomic mass is 10.3. The van der Waals surface area contributed by atoms with E-state index in [0.717, 1.165) is 12.8 Å². The van der Waals surface area contributed by atoms with E-state index in [0.29, 0.717) is 12.0 Å². The minimum atomic E-state index is -1.00. The van der Waals surface area contributed by atoms with Gasteiger partial charge in [-0.1, -0.05) is 0 Å². The Morgan fingerprint density at radius 2 is 2.08 bits per heavy atom. The highest BCUT2D eigenvalue weighted by atomic mass is 16.4. The molecule has 0 aliphatic heterocycles. The number of aromatic carboxylic acids is 1. The van der Waals surface area contributed by atoms with Gasteiger partial charge in [0.25, 0.3) is 0 Å². The Kier molecular flexibility index (Phi) is 1.84. The van der Waals surface area contributed by atoms with E-state index in [-0.39, 0.29) is 5.56 Å². The van der Waals surface area contributed by atoms with Crippen molar-refractivity contribution in [3.63, 3.8) is 0 Å². The molecule has 0 unspecified atom stereocenters. The van der Waals surface area contributed by atoms with Crippen molar-refractivity contribution < 1.29 is 9.90 Å². The van der Waals surface area contributed by atoms with Gasteiger partial charge in [0.2, 0.25) is 5.95 Å². The minimum Gasteiger partial charge on any atom is -0.478 e. The van der Waals surface area contributed by atoms with Gasteiger partial charge in [-0.05, 0) is 12.8 Å². The first-order chi connectivity index (χ1) is 6.25. The van der Waals surface area contributed by atoms with Gasteiger partial charge in [-0.15, -0.1) is 0 Å². The van der Waals surface area contributed by atoms with Gasteiger partial charge in [0.15, 0.2) is 0 Å². The molecule has 1 aliphatic carbocycles. The number of aromatic nitrogens is 2. The van der Waals surface area contributed by atoms with Crippen molar-refractivity contribution in [3.05, 3.63) is 18.0 Å². The van der Waals surface area contributed by atoms with Crippen LogP contribution in [0.1, 0.15) is 23.2 Å². The van der Waals surface area contributed by atoms with E-state index < -0.39 is 5.97 Å². The number of hydrogen-bond donors (Lipinski definition) is 2. The molecule has 0 radical (unpaired) electrons. The third-order valence-corrected chi connectivity index (χ3v) is 1.81. The SMILES string of the molecule is O=C(O)c1cnc(NC2CC2)nc1. The van der Waals surface area contributed by atoms with Gasteiger partial charge < -0.3 is 10.4 Å². The first-order valence-electron chi connectivity index (χ1n) is 4.07. The fourth-order valence-electron chi connectivity index (χ4n) is 0.923. The van der Waals surface area contributed by atoms with Crippen molar-refractivity contribution in [2.24, 2.45) is 0 Å². The smallest absolute Gasteiger partial charge is 0.338 e. The summed E-state index contributed by atoms with van der Waals surface area (Å²) in [6, 6.07) is 0.482. The molecule has 0 atom stereocenters. The predicted molar refractivity (Wildman–Crippen MR) is 45.6 cm³/mol. The summed E-state index contributed by atoms with van der Waals surface area (Å²) in [5.74, 6) is -0.495. The maximum atomic E-state index is 10.4. The molecule has 1 heterocycles. The molecule has 0 amide bonds. The van der Waals surface area contributed by atoms with E-state index in [2.05, 4.69) is 15.3 Å². The third-order valence-electron chi connectivity index (χ3n) is 1.81. The molecule has 1 aliphatic rings. The van der Waals surface area contributed by atoms with Crippen molar-refractivity contribution in [1.29, 1.82) is 0 Å². The molecular weight excluding hydrogens is 170 g/mol. The van der Waals surface area contributed by atoms with Crippen LogP contribution in [0.15, 0.2) is 12.4 Å². The molecule has 1 saturated carbocycles. The number of hydrogen-bond acceptors (Lipinski definition) is 4. The second-order valence-corrected chi connectivity index (χ2v) is 3.02. The molecule has 2 rings (SSSR count). The van der Waals surface area contributed by atoms with E-state index in [1.165, 1.54) is 12.4 Å². The van der Waals surface area contributed by atoms with E-state index >= 15 is 0 Å². The molecule has 68 valence electrons. The summed E-state index contributed by atoms with van der Waals surface area (Å²) in [7, 11) is 0. The van der Waals surface area contributed by atoms with E-state index in [4.69, 9.17) is 5.11 Å². The molecule has 5 heteroatoms. The lowest BCUT2D eigenvalue weighted by Gasteiger charge is -2.00. The summed E-state index contributed by atoms with van der Waals surface area (Å²) < 4.78 is 0. The maximum Gasteiger partial charge on any atom is 0.338 e. The summed E-state index contributed by atoms with van der Waals surface area (Å²) in [6.07, 6.45) is 4.90. The molecule has 0 bridgehead atoms. The molecule has 0 saturated heterocycles. The van der Waals surface area contributed by atoms with Gasteiger partial charge in [-0.25, -0.2) is 14.8 Å². The second kappa shape index (κ2) is 3.01. The van der Waals surface area contributed by atoms with E-state index in [1.807, 2.05) is 0 Å². The number of nitrogens with zero attached hydrogens (tertiary/aromatic N) is 2. The molecule has 0 aromatic carbocycles. The van der Waals surface area contributed by atoms with Crippen molar-refractivity contribution in [2.45, 2.75) is 18.9 Å². The number of carboxylic acid groups (broad SMARTS) is 1. The van der Waals surface area contributed by atoms with Crippen LogP contribution in [0.25, 0.3) is 0 Å². The van der Waals surface area contributed by atoms with E-state index in [1.54, 1.807) is 0 Å². The highest BCUT2D eigenvalue weighted by Crippen LogP contribution is 2.22. The second-order valence-electron chi connectivity index (χ2n) is 3.02. The third kappa shape index (κ3) is 1.93. The predicted octanol–water partition coefficient (Wildman–Crippen LogP) is 0.749. The van der Waals surface area contributed by atoms with E-state index in [9.17, 15) is 4.79 Å². The summed E-state index contributed by atoms with van der Waals surface area (Å²) in [5, 5.41) is 11.6. The molecule has 0 spiro atoms. The van der Waals surface area contributed by atoms with Gasteiger partial charge in [0, 0.05) is 18.4 Å². The summed E-state index contributed by atoms with van der Waals surface area (Å²) in [4.78, 5) is 18.2. The quantitative estimate of drug-likeness (QED) is 0.716. The average molecular weight is 179 g/mol. The number of nitrogens with one attached hydrogen (secondary N) is 1. The highest BCUT2D eigenvalue weighted by molar-refractivity contribution is 5.86. The fraction of sp³-hybridized carbons (Fsp3) is 0.375. The zero-order chi connectivity index (χ0) is 9.26. The number of rotatable bonds is 3. The van der Waals surface area contributed by atoms with Crippen molar-refractivity contribution in [2.75, 3.05) is 5.32 Å². The van der Waals surface area contributed by atoms with Gasteiger partial charge in [-0.3, -0.25) is 0 Å². The fourth-order valence-corrected chi connectivity index (χ4v) is 0.923. The molecular formula is C8H9N3O2. The molecule has 1 aromatic heterocycles. The van der Waals surface area contributed by atoms with Gasteiger partial charge in [-0.2, -0.15) is 0 Å². The van der Waals surface area contributed by atoms with Crippen LogP contribution in [0.2, 0.25) is 0 Å². The molecule has 13 heavy (non-hydrogen) atoms. The first-order valence-corrected chi connectivity index (χ1v) is 4.07. The first kappa shape index (κ1) is 7.97. The normalized spacial score (nSPS) is 15.4. The molecule has 1 fully saturated rings. The Morgan fingerprint density at radius 3 is 2.54 bits per heavy atom. The highest BCUT2D eigenvalue weighted by Gasteiger charge is 2.21. The Hall–Kier alpha value is -1.65. The summed E-state index contributed by atoms with van der Waals surface area (Å²) >= 11 is 0. The van der Waals surface area contributed by atoms with Crippen molar-refractivity contribution >= 4 is 11.9 Å². The van der Waals surface area contributed by atoms with Crippen LogP contribution in [0.5, 0.6) is 0 Å². The monoisotopic (exact) mass is 179 g/mol. The van der Waals surface area contributed by atoms with Gasteiger partial charge >= 0.3 is 5.97 Å². The Balaban J connectivity index is 2.08. The lowest BCUT2D eigenvalue weighted by molar-refractivity contribution is 0.0696. The maximum absolute atomic E-state index is 10.4. The van der Waals surface area contributed by atoms with Crippen LogP contribution >= 0.6 is 0 Å². The van der Waals surface area contributed by atoms with Crippen LogP contribution in [0.4, 0.5) is 5.95 Å². The molecule has 5 nitrogen and oxygen atoms in total. The molecule has 2 N–H and O–H groups in total. The standard InChI is InChI=1S/C8H9N3O2/c12-7(13)5-3-9-8(10-4-5)11-6-1-2-6/h3-4,6H,1-2H2,(H,12,13)(H,9,10,11). The van der Waals surface area contributed by atoms with Gasteiger partial charge in [0.05, 0.1) is 5.56 Å². The van der Waals surface area contributed by atoms with Crippen LogP contribution in [0, 0.1) is 0 Å². The van der Waals surface area contributed by atoms with Crippen LogP contribution in [-0.4, -0.2) is 27.1 Å². The Labute approximate surface area is 74.8 Å². The molecule has 1 aromatic rings. The number of carbonyl (C=O) groups is 1. The minimum absolute atomic E-state index is 0.112. The topological polar surface area (TPSA) is 75.1 Å².